The molecule has 3 rings (SSSR count). The molecule has 110 valence electrons. The number of sulfonamides is 1. The smallest absolute Gasteiger partial charge is 0.261 e. The van der Waals surface area contributed by atoms with Crippen molar-refractivity contribution >= 4 is 43.2 Å². The van der Waals surface area contributed by atoms with Crippen molar-refractivity contribution in [2.45, 2.75) is 24.2 Å². The minimum Gasteiger partial charge on any atom is -0.280 e. The van der Waals surface area contributed by atoms with E-state index in [1.54, 1.807) is 30.3 Å². The van der Waals surface area contributed by atoms with Crippen molar-refractivity contribution in [3.63, 3.8) is 0 Å². The van der Waals surface area contributed by atoms with Gasteiger partial charge in [0.05, 0.1) is 15.6 Å². The molecule has 6 heteroatoms. The van der Waals surface area contributed by atoms with Gasteiger partial charge in [0.1, 0.15) is 0 Å². The van der Waals surface area contributed by atoms with Crippen LogP contribution in [-0.2, 0) is 22.9 Å². The van der Waals surface area contributed by atoms with Gasteiger partial charge in [-0.3, -0.25) is 4.72 Å². The van der Waals surface area contributed by atoms with E-state index in [2.05, 4.69) is 20.7 Å². The molecule has 1 N–H and O–H groups in total. The van der Waals surface area contributed by atoms with Gasteiger partial charge in [-0.1, -0.05) is 17.7 Å². The van der Waals surface area contributed by atoms with Crippen LogP contribution in [0.25, 0.3) is 0 Å². The van der Waals surface area contributed by atoms with E-state index in [0.717, 1.165) is 29.3 Å². The van der Waals surface area contributed by atoms with E-state index >= 15 is 0 Å². The normalized spacial score (nSPS) is 14.0. The van der Waals surface area contributed by atoms with Gasteiger partial charge in [-0.25, -0.2) is 8.42 Å². The zero-order chi connectivity index (χ0) is 15.0. The number of aryl methyl sites for hydroxylation is 2. The zero-order valence-electron chi connectivity index (χ0n) is 11.1. The van der Waals surface area contributed by atoms with E-state index in [9.17, 15) is 8.42 Å². The molecule has 21 heavy (non-hydrogen) atoms. The molecule has 0 aliphatic heterocycles. The van der Waals surface area contributed by atoms with Gasteiger partial charge in [0, 0.05) is 4.47 Å². The lowest BCUT2D eigenvalue weighted by Gasteiger charge is -2.10. The van der Waals surface area contributed by atoms with Crippen LogP contribution in [0.1, 0.15) is 17.5 Å². The van der Waals surface area contributed by atoms with Crippen LogP contribution in [0.5, 0.6) is 0 Å². The van der Waals surface area contributed by atoms with Gasteiger partial charge < -0.3 is 0 Å². The van der Waals surface area contributed by atoms with Crippen molar-refractivity contribution in [1.82, 2.24) is 0 Å². The van der Waals surface area contributed by atoms with Gasteiger partial charge in [-0.15, -0.1) is 0 Å². The van der Waals surface area contributed by atoms with Crippen molar-refractivity contribution in [1.29, 1.82) is 0 Å². The highest BCUT2D eigenvalue weighted by Crippen LogP contribution is 2.28. The molecule has 0 fully saturated rings. The van der Waals surface area contributed by atoms with Crippen LogP contribution in [0.4, 0.5) is 5.69 Å². The highest BCUT2D eigenvalue weighted by atomic mass is 79.9. The summed E-state index contributed by atoms with van der Waals surface area (Å²) in [7, 11) is -3.59. The third kappa shape index (κ3) is 3.10. The third-order valence-corrected chi connectivity index (χ3v) is 6.16. The van der Waals surface area contributed by atoms with E-state index in [1.165, 1.54) is 5.56 Å². The Morgan fingerprint density at radius 1 is 1.05 bits per heavy atom. The van der Waals surface area contributed by atoms with Gasteiger partial charge in [0.25, 0.3) is 10.0 Å². The second kappa shape index (κ2) is 5.63. The minimum absolute atomic E-state index is 0.294. The molecule has 0 unspecified atom stereocenters. The molecular formula is C15H13BrClNO2S. The predicted octanol–water partition coefficient (Wildman–Crippen LogP) is 4.39. The van der Waals surface area contributed by atoms with Crippen molar-refractivity contribution in [2.75, 3.05) is 4.72 Å². The lowest BCUT2D eigenvalue weighted by atomic mass is 10.1. The fraction of sp³-hybridized carbons (Fsp3) is 0.200. The van der Waals surface area contributed by atoms with Gasteiger partial charge in [0.2, 0.25) is 0 Å². The number of anilines is 1. The van der Waals surface area contributed by atoms with Crippen LogP contribution >= 0.6 is 27.5 Å². The van der Waals surface area contributed by atoms with Crippen LogP contribution in [0.3, 0.4) is 0 Å². The summed E-state index contributed by atoms with van der Waals surface area (Å²) < 4.78 is 28.2. The molecule has 0 radical (unpaired) electrons. The Labute approximate surface area is 137 Å². The fourth-order valence-corrected chi connectivity index (χ4v) is 4.02. The molecule has 1 aliphatic rings. The van der Waals surface area contributed by atoms with E-state index < -0.39 is 10.0 Å². The van der Waals surface area contributed by atoms with Crippen molar-refractivity contribution in [3.8, 4) is 0 Å². The van der Waals surface area contributed by atoms with E-state index in [4.69, 9.17) is 11.6 Å². The molecule has 0 atom stereocenters. The summed E-state index contributed by atoms with van der Waals surface area (Å²) in [5.41, 5.74) is 2.83. The maximum atomic E-state index is 12.4. The average Bonchev–Trinajstić information content (AvgIpc) is 2.90. The Hall–Kier alpha value is -1.04. The first-order valence-corrected chi connectivity index (χ1v) is 9.21. The summed E-state index contributed by atoms with van der Waals surface area (Å²) in [5, 5.41) is 0.462. The van der Waals surface area contributed by atoms with Crippen LogP contribution in [0.2, 0.25) is 5.02 Å². The number of hydrogen-bond acceptors (Lipinski definition) is 2. The maximum Gasteiger partial charge on any atom is 0.261 e. The molecule has 1 aliphatic carbocycles. The third-order valence-electron chi connectivity index (χ3n) is 3.55. The summed E-state index contributed by atoms with van der Waals surface area (Å²) in [6.45, 7) is 0. The number of rotatable bonds is 3. The molecule has 0 aromatic heterocycles. The SMILES string of the molecule is O=S(=O)(Nc1ccc(Br)c(Cl)c1)c1ccc2c(c1)CCC2. The number of nitrogens with one attached hydrogen (secondary N) is 1. The first kappa shape index (κ1) is 14.9. The highest BCUT2D eigenvalue weighted by molar-refractivity contribution is 9.10. The zero-order valence-corrected chi connectivity index (χ0v) is 14.2. The first-order valence-electron chi connectivity index (χ1n) is 6.55. The highest BCUT2D eigenvalue weighted by Gasteiger charge is 2.18. The summed E-state index contributed by atoms with van der Waals surface area (Å²) in [4.78, 5) is 0.294. The summed E-state index contributed by atoms with van der Waals surface area (Å²) in [6.07, 6.45) is 3.07. The molecule has 2 aromatic rings. The molecule has 0 bridgehead atoms. The molecule has 3 nitrogen and oxygen atoms in total. The lowest BCUT2D eigenvalue weighted by molar-refractivity contribution is 0.601. The molecule has 2 aromatic carbocycles. The second-order valence-electron chi connectivity index (χ2n) is 5.02. The quantitative estimate of drug-likeness (QED) is 0.850. The Morgan fingerprint density at radius 2 is 1.81 bits per heavy atom. The second-order valence-corrected chi connectivity index (χ2v) is 7.96. The Morgan fingerprint density at radius 3 is 2.57 bits per heavy atom. The standard InChI is InChI=1S/C15H13BrClNO2S/c16-14-7-5-12(9-15(14)17)18-21(19,20)13-6-4-10-2-1-3-11(10)8-13/h4-9,18H,1-3H2. The van der Waals surface area contributed by atoms with E-state index in [-0.39, 0.29) is 0 Å². The van der Waals surface area contributed by atoms with Gasteiger partial charge in [-0.05, 0) is 76.7 Å². The molecule has 0 saturated heterocycles. The Bertz CT molecular complexity index is 805. The Balaban J connectivity index is 1.91. The van der Waals surface area contributed by atoms with Crippen LogP contribution in [-0.4, -0.2) is 8.42 Å². The largest absolute Gasteiger partial charge is 0.280 e. The minimum atomic E-state index is -3.59. The van der Waals surface area contributed by atoms with Crippen molar-refractivity contribution in [2.24, 2.45) is 0 Å². The van der Waals surface area contributed by atoms with Gasteiger partial charge in [0.15, 0.2) is 0 Å². The van der Waals surface area contributed by atoms with Gasteiger partial charge in [-0.2, -0.15) is 0 Å². The summed E-state index contributed by atoms with van der Waals surface area (Å²) >= 11 is 9.26. The monoisotopic (exact) mass is 385 g/mol. The molecule has 0 amide bonds. The molecule has 0 heterocycles. The summed E-state index contributed by atoms with van der Waals surface area (Å²) in [5.74, 6) is 0. The molecule has 0 saturated carbocycles. The number of halogens is 2. The van der Waals surface area contributed by atoms with E-state index in [0.29, 0.717) is 15.6 Å². The van der Waals surface area contributed by atoms with Crippen LogP contribution in [0, 0.1) is 0 Å². The number of hydrogen-bond donors (Lipinski definition) is 1. The predicted molar refractivity (Wildman–Crippen MR) is 88.4 cm³/mol. The molecule has 0 spiro atoms. The van der Waals surface area contributed by atoms with Crippen molar-refractivity contribution < 1.29 is 8.42 Å². The lowest BCUT2D eigenvalue weighted by Crippen LogP contribution is -2.13. The Kier molecular flexibility index (Phi) is 3.99. The van der Waals surface area contributed by atoms with Crippen molar-refractivity contribution in [3.05, 3.63) is 57.0 Å². The number of fused-ring (bicyclic) bond motifs is 1. The van der Waals surface area contributed by atoms with Crippen LogP contribution in [0.15, 0.2) is 45.8 Å². The first-order chi connectivity index (χ1) is 9.95. The average molecular weight is 387 g/mol. The topological polar surface area (TPSA) is 46.2 Å². The van der Waals surface area contributed by atoms with Gasteiger partial charge >= 0.3 is 0 Å². The number of benzene rings is 2. The summed E-state index contributed by atoms with van der Waals surface area (Å²) in [6, 6.07) is 10.3. The molecular weight excluding hydrogens is 374 g/mol. The van der Waals surface area contributed by atoms with Crippen LogP contribution < -0.4 is 4.72 Å². The fourth-order valence-electron chi connectivity index (χ4n) is 2.49. The maximum absolute atomic E-state index is 12.4. The van der Waals surface area contributed by atoms with E-state index in [1.807, 2.05) is 6.07 Å².